The van der Waals surface area contributed by atoms with Crippen LogP contribution < -0.4 is 4.74 Å². The lowest BCUT2D eigenvalue weighted by atomic mass is 9.77. The first-order chi connectivity index (χ1) is 19.1. The minimum absolute atomic E-state index is 0.0951. The van der Waals surface area contributed by atoms with Crippen LogP contribution in [0.4, 0.5) is 26.3 Å². The molecule has 40 heavy (non-hydrogen) atoms. The Morgan fingerprint density at radius 3 is 1.93 bits per heavy atom. The first kappa shape index (κ1) is 28.6. The molecule has 3 aromatic carbocycles. The number of alkyl halides is 4. The van der Waals surface area contributed by atoms with E-state index in [0.29, 0.717) is 30.4 Å². The smallest absolute Gasteiger partial charge is 0.400 e. The van der Waals surface area contributed by atoms with Gasteiger partial charge in [-0.05, 0) is 96.7 Å². The van der Waals surface area contributed by atoms with E-state index in [1.807, 2.05) is 18.2 Å². The maximum Gasteiger partial charge on any atom is 0.400 e. The summed E-state index contributed by atoms with van der Waals surface area (Å²) in [5.41, 5.74) is 2.71. The van der Waals surface area contributed by atoms with Gasteiger partial charge >= 0.3 is 6.11 Å². The Morgan fingerprint density at radius 2 is 1.32 bits per heavy atom. The molecule has 0 N–H and O–H groups in total. The van der Waals surface area contributed by atoms with Gasteiger partial charge in [-0.2, -0.15) is 8.78 Å². The average molecular weight is 561 g/mol. The zero-order valence-corrected chi connectivity index (χ0v) is 22.5. The highest BCUT2D eigenvalue weighted by Gasteiger charge is 2.44. The molecule has 2 fully saturated rings. The standard InChI is InChI=1S/C33H34F6O/c1-20-2-4-21(5-3-20)22-6-8-23(9-7-22)25-12-16-28(30(34)18-25)24-10-13-26(14-11-24)33(38,39)40-27-15-17-29(32(36)37)31(35)19-27/h6-9,12,15-21,24,26,32H,2-5,10-11,13-14H2,1H3. The molecule has 0 bridgehead atoms. The highest BCUT2D eigenvalue weighted by atomic mass is 19.3. The number of hydrogen-bond donors (Lipinski definition) is 0. The third kappa shape index (κ3) is 6.34. The van der Waals surface area contributed by atoms with Crippen LogP contribution in [0.5, 0.6) is 5.75 Å². The first-order valence-corrected chi connectivity index (χ1v) is 14.1. The Morgan fingerprint density at radius 1 is 0.700 bits per heavy atom. The highest BCUT2D eigenvalue weighted by Crippen LogP contribution is 2.44. The summed E-state index contributed by atoms with van der Waals surface area (Å²) in [5, 5.41) is 0. The van der Waals surface area contributed by atoms with E-state index < -0.39 is 35.6 Å². The molecular formula is C33H34F6O. The van der Waals surface area contributed by atoms with Gasteiger partial charge in [-0.3, -0.25) is 0 Å². The molecule has 3 aromatic rings. The SMILES string of the molecule is CC1CCC(c2ccc(-c3ccc(C4CCC(C(F)(F)Oc5ccc(C(F)F)c(F)c5)CC4)c(F)c3)cc2)CC1. The van der Waals surface area contributed by atoms with Crippen molar-refractivity contribution < 1.29 is 31.1 Å². The highest BCUT2D eigenvalue weighted by molar-refractivity contribution is 5.64. The van der Waals surface area contributed by atoms with Gasteiger partial charge in [0.25, 0.3) is 6.43 Å². The van der Waals surface area contributed by atoms with Crippen molar-refractivity contribution in [3.8, 4) is 16.9 Å². The second kappa shape index (κ2) is 11.9. The van der Waals surface area contributed by atoms with E-state index in [-0.39, 0.29) is 24.6 Å². The maximum atomic E-state index is 15.2. The lowest BCUT2D eigenvalue weighted by Gasteiger charge is -2.33. The summed E-state index contributed by atoms with van der Waals surface area (Å²) in [7, 11) is 0. The van der Waals surface area contributed by atoms with Crippen molar-refractivity contribution in [2.24, 2.45) is 11.8 Å². The first-order valence-electron chi connectivity index (χ1n) is 14.1. The van der Waals surface area contributed by atoms with Crippen molar-refractivity contribution in [3.63, 3.8) is 0 Å². The predicted molar refractivity (Wildman–Crippen MR) is 144 cm³/mol. The molecule has 0 atom stereocenters. The van der Waals surface area contributed by atoms with Gasteiger partial charge in [0.1, 0.15) is 17.4 Å². The molecule has 7 heteroatoms. The Balaban J connectivity index is 1.19. The Hall–Kier alpha value is -2.96. The lowest BCUT2D eigenvalue weighted by Crippen LogP contribution is -2.37. The second-order valence-corrected chi connectivity index (χ2v) is 11.5. The summed E-state index contributed by atoms with van der Waals surface area (Å²) in [6, 6.07) is 15.8. The molecule has 0 aliphatic heterocycles. The van der Waals surface area contributed by atoms with E-state index in [1.165, 1.54) is 37.3 Å². The number of ether oxygens (including phenoxy) is 1. The molecule has 2 saturated carbocycles. The molecule has 1 nitrogen and oxygen atoms in total. The molecule has 0 spiro atoms. The van der Waals surface area contributed by atoms with Gasteiger partial charge in [-0.1, -0.05) is 56.2 Å². The van der Waals surface area contributed by atoms with Gasteiger partial charge in [0.05, 0.1) is 11.5 Å². The minimum atomic E-state index is -3.60. The minimum Gasteiger partial charge on any atom is -0.432 e. The molecule has 0 radical (unpaired) electrons. The van der Waals surface area contributed by atoms with E-state index in [2.05, 4.69) is 19.1 Å². The van der Waals surface area contributed by atoms with Crippen LogP contribution in [0.1, 0.15) is 93.2 Å². The van der Waals surface area contributed by atoms with Gasteiger partial charge in [0, 0.05) is 6.07 Å². The van der Waals surface area contributed by atoms with Gasteiger partial charge in [-0.15, -0.1) is 0 Å². The van der Waals surface area contributed by atoms with E-state index in [4.69, 9.17) is 4.74 Å². The Kier molecular flexibility index (Phi) is 8.48. The van der Waals surface area contributed by atoms with Gasteiger partial charge in [0.15, 0.2) is 0 Å². The molecule has 2 aliphatic rings. The third-order valence-corrected chi connectivity index (χ3v) is 8.83. The van der Waals surface area contributed by atoms with Crippen LogP contribution in [-0.2, 0) is 0 Å². The summed E-state index contributed by atoms with van der Waals surface area (Å²) < 4.78 is 88.9. The van der Waals surface area contributed by atoms with Crippen molar-refractivity contribution >= 4 is 0 Å². The third-order valence-electron chi connectivity index (χ3n) is 8.83. The monoisotopic (exact) mass is 560 g/mol. The number of halogens is 6. The fourth-order valence-corrected chi connectivity index (χ4v) is 6.31. The van der Waals surface area contributed by atoms with Crippen LogP contribution in [0.2, 0.25) is 0 Å². The summed E-state index contributed by atoms with van der Waals surface area (Å²) in [6.07, 6.45) is -0.833. The topological polar surface area (TPSA) is 9.23 Å². The molecule has 0 aromatic heterocycles. The molecule has 0 saturated heterocycles. The summed E-state index contributed by atoms with van der Waals surface area (Å²) in [4.78, 5) is 0. The number of rotatable bonds is 7. The largest absolute Gasteiger partial charge is 0.432 e. The molecular weight excluding hydrogens is 526 g/mol. The Bertz CT molecular complexity index is 1290. The molecule has 0 amide bonds. The van der Waals surface area contributed by atoms with Gasteiger partial charge in [-0.25, -0.2) is 17.6 Å². The fraction of sp³-hybridized carbons (Fsp3) is 0.455. The van der Waals surface area contributed by atoms with Gasteiger partial charge < -0.3 is 4.74 Å². The zero-order chi connectivity index (χ0) is 28.4. The molecule has 214 valence electrons. The number of hydrogen-bond acceptors (Lipinski definition) is 1. The quantitative estimate of drug-likeness (QED) is 0.261. The van der Waals surface area contributed by atoms with Crippen molar-refractivity contribution in [3.05, 3.63) is 89.0 Å². The van der Waals surface area contributed by atoms with Crippen molar-refractivity contribution in [2.45, 2.75) is 82.7 Å². The van der Waals surface area contributed by atoms with E-state index in [0.717, 1.165) is 29.2 Å². The van der Waals surface area contributed by atoms with Crippen molar-refractivity contribution in [1.29, 1.82) is 0 Å². The van der Waals surface area contributed by atoms with Crippen LogP contribution in [0, 0.1) is 23.5 Å². The van der Waals surface area contributed by atoms with E-state index >= 15 is 4.39 Å². The van der Waals surface area contributed by atoms with Crippen LogP contribution >= 0.6 is 0 Å². The zero-order valence-electron chi connectivity index (χ0n) is 22.5. The number of benzene rings is 3. The molecule has 0 heterocycles. The van der Waals surface area contributed by atoms with Gasteiger partial charge in [0.2, 0.25) is 0 Å². The maximum absolute atomic E-state index is 15.2. The van der Waals surface area contributed by atoms with E-state index in [1.54, 1.807) is 6.07 Å². The normalized spacial score (nSPS) is 23.8. The lowest BCUT2D eigenvalue weighted by molar-refractivity contribution is -0.222. The molecule has 2 aliphatic carbocycles. The summed E-state index contributed by atoms with van der Waals surface area (Å²) >= 11 is 0. The van der Waals surface area contributed by atoms with Crippen molar-refractivity contribution in [2.75, 3.05) is 0 Å². The summed E-state index contributed by atoms with van der Waals surface area (Å²) in [6.45, 7) is 2.30. The molecule has 0 unspecified atom stereocenters. The second-order valence-electron chi connectivity index (χ2n) is 11.5. The van der Waals surface area contributed by atoms with Crippen LogP contribution in [0.15, 0.2) is 60.7 Å². The fourth-order valence-electron chi connectivity index (χ4n) is 6.31. The van der Waals surface area contributed by atoms with E-state index in [9.17, 15) is 22.0 Å². The predicted octanol–water partition coefficient (Wildman–Crippen LogP) is 10.8. The Labute approximate surface area is 231 Å². The van der Waals surface area contributed by atoms with Crippen LogP contribution in [0.3, 0.4) is 0 Å². The van der Waals surface area contributed by atoms with Crippen molar-refractivity contribution in [1.82, 2.24) is 0 Å². The molecule has 5 rings (SSSR count). The van der Waals surface area contributed by atoms with Crippen LogP contribution in [0.25, 0.3) is 11.1 Å². The average Bonchev–Trinajstić information content (AvgIpc) is 2.93. The summed E-state index contributed by atoms with van der Waals surface area (Å²) in [5.74, 6) is -2.09. The van der Waals surface area contributed by atoms with Crippen LogP contribution in [-0.4, -0.2) is 6.11 Å².